The van der Waals surface area contributed by atoms with Crippen LogP contribution in [-0.2, 0) is 21.2 Å². The van der Waals surface area contributed by atoms with Gasteiger partial charge in [0.25, 0.3) is 15.9 Å². The molecule has 8 heteroatoms. The summed E-state index contributed by atoms with van der Waals surface area (Å²) < 4.78 is 29.6. The van der Waals surface area contributed by atoms with Crippen LogP contribution in [-0.4, -0.2) is 45.0 Å². The van der Waals surface area contributed by atoms with E-state index in [1.165, 1.54) is 4.90 Å². The molecule has 0 radical (unpaired) electrons. The van der Waals surface area contributed by atoms with Crippen LogP contribution in [0.15, 0.2) is 75.4 Å². The summed E-state index contributed by atoms with van der Waals surface area (Å²) in [4.78, 5) is 16.7. The quantitative estimate of drug-likeness (QED) is 0.463. The highest BCUT2D eigenvalue weighted by atomic mass is 32.2. The molecule has 1 saturated heterocycles. The van der Waals surface area contributed by atoms with Crippen molar-refractivity contribution in [1.29, 1.82) is 0 Å². The van der Waals surface area contributed by atoms with Gasteiger partial charge >= 0.3 is 0 Å². The number of thioether (sulfide) groups is 1. The molecule has 2 aromatic carbocycles. The van der Waals surface area contributed by atoms with E-state index in [0.29, 0.717) is 4.91 Å². The topological polar surface area (TPSA) is 70.1 Å². The molecular weight excluding hydrogens is 430 g/mol. The Hall–Kier alpha value is -2.84. The highest BCUT2D eigenvalue weighted by Gasteiger charge is 2.34. The van der Waals surface area contributed by atoms with Gasteiger partial charge in [0, 0.05) is 26.3 Å². The minimum Gasteiger partial charge on any atom is -0.378 e. The summed E-state index contributed by atoms with van der Waals surface area (Å²) in [5, 5.41) is 0.126. The SMILES string of the molecule is C=CCN1C(=O)C(=Cc2ccc(N(C)C)cc2)SC1=NS(=O)(=O)c1ccc(CC)cc1. The number of carbonyl (C=O) groups excluding carboxylic acids is 1. The van der Waals surface area contributed by atoms with Gasteiger partial charge in [-0.1, -0.05) is 37.3 Å². The van der Waals surface area contributed by atoms with E-state index >= 15 is 0 Å². The van der Waals surface area contributed by atoms with Crippen molar-refractivity contribution in [2.24, 2.45) is 4.40 Å². The average molecular weight is 456 g/mol. The predicted molar refractivity (Wildman–Crippen MR) is 129 cm³/mol. The van der Waals surface area contributed by atoms with Crippen molar-refractivity contribution in [3.05, 3.63) is 77.2 Å². The highest BCUT2D eigenvalue weighted by molar-refractivity contribution is 8.19. The van der Waals surface area contributed by atoms with Crippen molar-refractivity contribution in [3.63, 3.8) is 0 Å². The number of hydrogen-bond acceptors (Lipinski definition) is 5. The summed E-state index contributed by atoms with van der Waals surface area (Å²) >= 11 is 1.05. The molecule has 0 spiro atoms. The van der Waals surface area contributed by atoms with Crippen molar-refractivity contribution in [1.82, 2.24) is 4.90 Å². The van der Waals surface area contributed by atoms with Crippen LogP contribution in [0.4, 0.5) is 5.69 Å². The molecule has 1 fully saturated rings. The smallest absolute Gasteiger partial charge is 0.284 e. The molecule has 1 aliphatic heterocycles. The third kappa shape index (κ3) is 5.26. The molecule has 0 aromatic heterocycles. The Morgan fingerprint density at radius 1 is 1.10 bits per heavy atom. The zero-order chi connectivity index (χ0) is 22.6. The van der Waals surface area contributed by atoms with Gasteiger partial charge in [-0.25, -0.2) is 0 Å². The first kappa shape index (κ1) is 22.8. The van der Waals surface area contributed by atoms with Gasteiger partial charge in [-0.05, 0) is 59.7 Å². The molecule has 2 aromatic rings. The molecule has 1 heterocycles. The maximum Gasteiger partial charge on any atom is 0.284 e. The van der Waals surface area contributed by atoms with Crippen LogP contribution >= 0.6 is 11.8 Å². The summed E-state index contributed by atoms with van der Waals surface area (Å²) in [5.74, 6) is -0.295. The van der Waals surface area contributed by atoms with Crippen LogP contribution in [0, 0.1) is 0 Å². The van der Waals surface area contributed by atoms with Crippen molar-refractivity contribution >= 4 is 44.6 Å². The minimum absolute atomic E-state index is 0.0977. The highest BCUT2D eigenvalue weighted by Crippen LogP contribution is 2.34. The monoisotopic (exact) mass is 455 g/mol. The van der Waals surface area contributed by atoms with Crippen molar-refractivity contribution in [2.75, 3.05) is 25.5 Å². The predicted octanol–water partition coefficient (Wildman–Crippen LogP) is 4.16. The van der Waals surface area contributed by atoms with Crippen LogP contribution < -0.4 is 4.90 Å². The molecule has 6 nitrogen and oxygen atoms in total. The summed E-state index contributed by atoms with van der Waals surface area (Å²) in [6, 6.07) is 14.4. The van der Waals surface area contributed by atoms with E-state index < -0.39 is 10.0 Å². The Morgan fingerprint density at radius 2 is 1.74 bits per heavy atom. The second-order valence-corrected chi connectivity index (χ2v) is 9.76. The van der Waals surface area contributed by atoms with Gasteiger partial charge in [-0.2, -0.15) is 8.42 Å². The molecule has 31 heavy (non-hydrogen) atoms. The third-order valence-corrected chi connectivity index (χ3v) is 7.14. The Labute approximate surface area is 188 Å². The zero-order valence-electron chi connectivity index (χ0n) is 17.8. The Kier molecular flexibility index (Phi) is 7.02. The number of rotatable bonds is 7. The Balaban J connectivity index is 1.93. The van der Waals surface area contributed by atoms with Crippen LogP contribution in [0.25, 0.3) is 6.08 Å². The number of benzene rings is 2. The van der Waals surface area contributed by atoms with E-state index in [4.69, 9.17) is 0 Å². The second-order valence-electron chi connectivity index (χ2n) is 7.15. The molecule has 162 valence electrons. The lowest BCUT2D eigenvalue weighted by atomic mass is 10.2. The molecule has 0 bridgehead atoms. The second kappa shape index (κ2) is 9.53. The molecule has 1 amide bonds. The molecule has 0 aliphatic carbocycles. The molecule has 0 unspecified atom stereocenters. The van der Waals surface area contributed by atoms with E-state index in [0.717, 1.165) is 35.0 Å². The van der Waals surface area contributed by atoms with Gasteiger partial charge in [-0.15, -0.1) is 11.0 Å². The van der Waals surface area contributed by atoms with E-state index in [1.54, 1.807) is 36.4 Å². The van der Waals surface area contributed by atoms with Crippen molar-refractivity contribution in [2.45, 2.75) is 18.2 Å². The number of sulfonamides is 1. The standard InChI is InChI=1S/C23H25N3O3S2/c1-5-15-26-22(27)21(16-18-7-11-19(12-8-18)25(3)4)30-23(26)24-31(28,29)20-13-9-17(6-2)10-14-20/h5,7-14,16H,1,6,15H2,2-4H3. The normalized spacial score (nSPS) is 16.9. The molecule has 0 N–H and O–H groups in total. The first-order chi connectivity index (χ1) is 14.7. The number of aryl methyl sites for hydroxylation is 1. The van der Waals surface area contributed by atoms with Gasteiger partial charge in [0.15, 0.2) is 5.17 Å². The molecular formula is C23H25N3O3S2. The lowest BCUT2D eigenvalue weighted by molar-refractivity contribution is -0.121. The third-order valence-electron chi connectivity index (χ3n) is 4.73. The van der Waals surface area contributed by atoms with Gasteiger partial charge in [0.1, 0.15) is 0 Å². The van der Waals surface area contributed by atoms with Gasteiger partial charge in [0.2, 0.25) is 0 Å². The lowest BCUT2D eigenvalue weighted by Gasteiger charge is -2.12. The molecule has 3 rings (SSSR count). The summed E-state index contributed by atoms with van der Waals surface area (Å²) in [7, 11) is -0.0399. The molecule has 1 aliphatic rings. The van der Waals surface area contributed by atoms with Crippen LogP contribution in [0.2, 0.25) is 0 Å². The van der Waals surface area contributed by atoms with Crippen LogP contribution in [0.5, 0.6) is 0 Å². The van der Waals surface area contributed by atoms with Crippen LogP contribution in [0.3, 0.4) is 0 Å². The number of amidine groups is 1. The fourth-order valence-electron chi connectivity index (χ4n) is 2.94. The maximum absolute atomic E-state index is 12.9. The largest absolute Gasteiger partial charge is 0.378 e. The fourth-order valence-corrected chi connectivity index (χ4v) is 5.13. The first-order valence-electron chi connectivity index (χ1n) is 9.78. The molecule has 0 saturated carbocycles. The first-order valence-corrected chi connectivity index (χ1v) is 12.0. The average Bonchev–Trinajstić information content (AvgIpc) is 3.02. The Bertz CT molecular complexity index is 1130. The van der Waals surface area contributed by atoms with Gasteiger partial charge < -0.3 is 4.90 Å². The summed E-state index contributed by atoms with van der Waals surface area (Å²) in [6.45, 7) is 5.84. The van der Waals surface area contributed by atoms with Crippen molar-refractivity contribution in [3.8, 4) is 0 Å². The zero-order valence-corrected chi connectivity index (χ0v) is 19.4. The molecule has 0 atom stereocenters. The van der Waals surface area contributed by atoms with Gasteiger partial charge in [-0.3, -0.25) is 9.69 Å². The van der Waals surface area contributed by atoms with E-state index in [1.807, 2.05) is 50.2 Å². The minimum atomic E-state index is -3.95. The van der Waals surface area contributed by atoms with E-state index in [-0.39, 0.29) is 22.5 Å². The summed E-state index contributed by atoms with van der Waals surface area (Å²) in [6.07, 6.45) is 4.11. The van der Waals surface area contributed by atoms with E-state index in [9.17, 15) is 13.2 Å². The van der Waals surface area contributed by atoms with Crippen LogP contribution in [0.1, 0.15) is 18.1 Å². The van der Waals surface area contributed by atoms with Gasteiger partial charge in [0.05, 0.1) is 9.80 Å². The van der Waals surface area contributed by atoms with E-state index in [2.05, 4.69) is 11.0 Å². The number of nitrogens with zero attached hydrogens (tertiary/aromatic N) is 3. The number of anilines is 1. The number of carbonyl (C=O) groups is 1. The Morgan fingerprint density at radius 3 is 2.29 bits per heavy atom. The van der Waals surface area contributed by atoms with Crippen molar-refractivity contribution < 1.29 is 13.2 Å². The maximum atomic E-state index is 12.9. The fraction of sp³-hybridized carbons (Fsp3) is 0.217. The number of hydrogen-bond donors (Lipinski definition) is 0. The number of amides is 1. The summed E-state index contributed by atoms with van der Waals surface area (Å²) in [5.41, 5.74) is 2.93. The lowest BCUT2D eigenvalue weighted by Crippen LogP contribution is -2.29.